The van der Waals surface area contributed by atoms with E-state index in [4.69, 9.17) is 14.1 Å². The quantitative estimate of drug-likeness (QED) is 0.575. The van der Waals surface area contributed by atoms with E-state index < -0.39 is 0 Å². The minimum atomic E-state index is 0.0799. The molecule has 1 aliphatic heterocycles. The molecule has 1 aromatic carbocycles. The maximum absolute atomic E-state index is 6.36. The molecule has 29 heavy (non-hydrogen) atoms. The molecule has 0 bridgehead atoms. The summed E-state index contributed by atoms with van der Waals surface area (Å²) in [6, 6.07) is 14.6. The van der Waals surface area contributed by atoms with E-state index >= 15 is 0 Å². The van der Waals surface area contributed by atoms with Crippen molar-refractivity contribution in [3.05, 3.63) is 66.2 Å². The molecule has 1 spiro atoms. The number of nitrogens with one attached hydrogen (secondary N) is 1. The van der Waals surface area contributed by atoms with Crippen LogP contribution in [-0.2, 0) is 16.7 Å². The number of furan rings is 1. The molecule has 1 saturated heterocycles. The molecule has 2 aromatic heterocycles. The molecule has 0 radical (unpaired) electrons. The molecular weight excluding hydrogens is 360 g/mol. The fraction of sp³-hybridized carbons (Fsp3) is 0.480. The third-order valence-corrected chi connectivity index (χ3v) is 7.03. The molecule has 5 rings (SSSR count). The highest BCUT2D eigenvalue weighted by molar-refractivity contribution is 5.80. The van der Waals surface area contributed by atoms with Gasteiger partial charge in [-0.25, -0.2) is 0 Å². The van der Waals surface area contributed by atoms with Gasteiger partial charge in [0.05, 0.1) is 11.9 Å². The first kappa shape index (κ1) is 18.8. The third kappa shape index (κ3) is 3.72. The zero-order chi connectivity index (χ0) is 19.6. The van der Waals surface area contributed by atoms with E-state index in [0.717, 1.165) is 44.5 Å². The number of hydrogen-bond donors (Lipinski definition) is 1. The molecule has 1 aliphatic carbocycles. The van der Waals surface area contributed by atoms with E-state index in [1.165, 1.54) is 42.3 Å². The Morgan fingerprint density at radius 1 is 1.00 bits per heavy atom. The Morgan fingerprint density at radius 2 is 1.86 bits per heavy atom. The van der Waals surface area contributed by atoms with Crippen molar-refractivity contribution in [3.63, 3.8) is 0 Å². The highest BCUT2D eigenvalue weighted by atomic mass is 16.5. The number of para-hydroxylation sites is 1. The molecular formula is C25H30N2O2. The average Bonchev–Trinajstić information content (AvgIpc) is 3.39. The zero-order valence-corrected chi connectivity index (χ0v) is 17.0. The first-order chi connectivity index (χ1) is 14.3. The van der Waals surface area contributed by atoms with Crippen LogP contribution in [0.25, 0.3) is 11.0 Å². The number of nitrogens with zero attached hydrogens (tertiary/aromatic N) is 1. The Balaban J connectivity index is 1.30. The van der Waals surface area contributed by atoms with Gasteiger partial charge >= 0.3 is 0 Å². The van der Waals surface area contributed by atoms with Gasteiger partial charge in [0.1, 0.15) is 5.58 Å². The Kier molecular flexibility index (Phi) is 5.15. The van der Waals surface area contributed by atoms with Crippen molar-refractivity contribution in [3.8, 4) is 0 Å². The molecule has 1 atom stereocenters. The second-order valence-corrected chi connectivity index (χ2v) is 8.84. The lowest BCUT2D eigenvalue weighted by Gasteiger charge is -2.46. The van der Waals surface area contributed by atoms with Gasteiger partial charge in [-0.3, -0.25) is 4.98 Å². The van der Waals surface area contributed by atoms with E-state index in [0.29, 0.717) is 0 Å². The monoisotopic (exact) mass is 390 g/mol. The van der Waals surface area contributed by atoms with Crippen LogP contribution >= 0.6 is 0 Å². The van der Waals surface area contributed by atoms with E-state index in [1.54, 1.807) is 0 Å². The zero-order valence-electron chi connectivity index (χ0n) is 17.0. The van der Waals surface area contributed by atoms with Crippen molar-refractivity contribution in [2.24, 2.45) is 0 Å². The maximum atomic E-state index is 6.36. The molecule has 152 valence electrons. The van der Waals surface area contributed by atoms with Gasteiger partial charge in [0.15, 0.2) is 0 Å². The highest BCUT2D eigenvalue weighted by Gasteiger charge is 2.48. The normalized spacial score (nSPS) is 23.7. The second-order valence-electron chi connectivity index (χ2n) is 8.84. The molecule has 3 aromatic rings. The fourth-order valence-corrected chi connectivity index (χ4v) is 5.52. The highest BCUT2D eigenvalue weighted by Crippen LogP contribution is 2.49. The molecule has 3 heterocycles. The number of fused-ring (bicyclic) bond motifs is 1. The number of rotatable bonds is 6. The standard InChI is InChI=1S/C25H30N2O2/c1-2-8-22-21(7-1)20(18-28-22)17-26-15-12-24(23-9-3-6-14-27-23)13-16-29-25(19-24)10-4-5-11-25/h1-3,6-9,14,18,26H,4-5,10-13,15-17,19H2/t24-/m1/s1. The summed E-state index contributed by atoms with van der Waals surface area (Å²) in [7, 11) is 0. The lowest BCUT2D eigenvalue weighted by molar-refractivity contribution is -0.104. The lowest BCUT2D eigenvalue weighted by Crippen LogP contribution is -2.47. The van der Waals surface area contributed by atoms with Gasteiger partial charge in [-0.2, -0.15) is 0 Å². The molecule has 4 heteroatoms. The summed E-state index contributed by atoms with van der Waals surface area (Å²) in [4.78, 5) is 4.80. The van der Waals surface area contributed by atoms with Crippen molar-refractivity contribution in [1.82, 2.24) is 10.3 Å². The third-order valence-electron chi connectivity index (χ3n) is 7.03. The molecule has 0 amide bonds. The number of hydrogen-bond acceptors (Lipinski definition) is 4. The first-order valence-corrected chi connectivity index (χ1v) is 11.0. The number of pyridine rings is 1. The van der Waals surface area contributed by atoms with Crippen LogP contribution in [0.3, 0.4) is 0 Å². The van der Waals surface area contributed by atoms with Gasteiger partial charge in [-0.1, -0.05) is 37.1 Å². The number of aromatic nitrogens is 1. The van der Waals surface area contributed by atoms with Crippen LogP contribution in [0.1, 0.15) is 56.2 Å². The van der Waals surface area contributed by atoms with Crippen LogP contribution in [0.15, 0.2) is 59.3 Å². The van der Waals surface area contributed by atoms with Crippen molar-refractivity contribution in [2.75, 3.05) is 13.2 Å². The van der Waals surface area contributed by atoms with Gasteiger partial charge < -0.3 is 14.5 Å². The first-order valence-electron chi connectivity index (χ1n) is 11.0. The Bertz CT molecular complexity index is 946. The summed E-state index contributed by atoms with van der Waals surface area (Å²) in [5.74, 6) is 0. The maximum Gasteiger partial charge on any atom is 0.134 e. The predicted molar refractivity (Wildman–Crippen MR) is 115 cm³/mol. The van der Waals surface area contributed by atoms with Crippen LogP contribution in [0.5, 0.6) is 0 Å². The summed E-state index contributed by atoms with van der Waals surface area (Å²) in [6.45, 7) is 2.64. The van der Waals surface area contributed by atoms with Crippen molar-refractivity contribution in [2.45, 2.75) is 62.5 Å². The van der Waals surface area contributed by atoms with Crippen LogP contribution in [0, 0.1) is 0 Å². The second kappa shape index (κ2) is 7.92. The van der Waals surface area contributed by atoms with Crippen molar-refractivity contribution < 1.29 is 9.15 Å². The molecule has 2 fully saturated rings. The summed E-state index contributed by atoms with van der Waals surface area (Å²) >= 11 is 0. The Labute approximate surface area is 172 Å². The van der Waals surface area contributed by atoms with Crippen LogP contribution in [-0.4, -0.2) is 23.7 Å². The molecule has 0 unspecified atom stereocenters. The summed E-state index contributed by atoms with van der Waals surface area (Å²) in [5, 5.41) is 4.88. The SMILES string of the molecule is c1ccc([C@]2(CCNCc3coc4ccccc34)CCOC3(CCCC3)C2)nc1. The molecule has 2 aliphatic rings. The van der Waals surface area contributed by atoms with Gasteiger partial charge in [-0.15, -0.1) is 0 Å². The van der Waals surface area contributed by atoms with Crippen LogP contribution < -0.4 is 5.32 Å². The van der Waals surface area contributed by atoms with E-state index in [1.807, 2.05) is 30.7 Å². The number of benzene rings is 1. The summed E-state index contributed by atoms with van der Waals surface area (Å²) in [6.07, 6.45) is 12.1. The van der Waals surface area contributed by atoms with E-state index in [9.17, 15) is 0 Å². The van der Waals surface area contributed by atoms with E-state index in [2.05, 4.69) is 29.6 Å². The minimum absolute atomic E-state index is 0.0799. The topological polar surface area (TPSA) is 47.3 Å². The molecule has 1 N–H and O–H groups in total. The van der Waals surface area contributed by atoms with Crippen LogP contribution in [0.4, 0.5) is 0 Å². The smallest absolute Gasteiger partial charge is 0.134 e. The summed E-state index contributed by atoms with van der Waals surface area (Å²) in [5.41, 5.74) is 3.62. The van der Waals surface area contributed by atoms with Crippen molar-refractivity contribution >= 4 is 11.0 Å². The summed E-state index contributed by atoms with van der Waals surface area (Å²) < 4.78 is 12.0. The van der Waals surface area contributed by atoms with Crippen LogP contribution in [0.2, 0.25) is 0 Å². The Morgan fingerprint density at radius 3 is 2.72 bits per heavy atom. The average molecular weight is 391 g/mol. The molecule has 4 nitrogen and oxygen atoms in total. The molecule has 1 saturated carbocycles. The van der Waals surface area contributed by atoms with Gasteiger partial charge in [-0.05, 0) is 56.8 Å². The largest absolute Gasteiger partial charge is 0.464 e. The minimum Gasteiger partial charge on any atom is -0.464 e. The number of ether oxygens (including phenoxy) is 1. The van der Waals surface area contributed by atoms with Crippen molar-refractivity contribution in [1.29, 1.82) is 0 Å². The fourth-order valence-electron chi connectivity index (χ4n) is 5.52. The van der Waals surface area contributed by atoms with Gasteiger partial charge in [0, 0.05) is 41.4 Å². The Hall–Kier alpha value is -2.17. The van der Waals surface area contributed by atoms with Gasteiger partial charge in [0.25, 0.3) is 0 Å². The predicted octanol–water partition coefficient (Wildman–Crippen LogP) is 5.37. The van der Waals surface area contributed by atoms with Gasteiger partial charge in [0.2, 0.25) is 0 Å². The van der Waals surface area contributed by atoms with E-state index in [-0.39, 0.29) is 11.0 Å². The lowest BCUT2D eigenvalue weighted by atomic mass is 9.68.